The molecule has 35 heavy (non-hydrogen) atoms. The Morgan fingerprint density at radius 1 is 0.543 bits per heavy atom. The SMILES string of the molecule is c1cc(-c2ccc3ncncc3c2)cc(-c2ccccc2-n2c3ccccc3c3ccccc32)c1. The Labute approximate surface area is 203 Å². The molecule has 0 fully saturated rings. The average Bonchev–Trinajstić information content (AvgIpc) is 3.27. The van der Waals surface area contributed by atoms with Crippen LogP contribution in [-0.4, -0.2) is 14.5 Å². The summed E-state index contributed by atoms with van der Waals surface area (Å²) in [5, 5.41) is 3.58. The molecule has 3 heteroatoms. The van der Waals surface area contributed by atoms with Crippen LogP contribution >= 0.6 is 0 Å². The summed E-state index contributed by atoms with van der Waals surface area (Å²) in [5.74, 6) is 0. The number of hydrogen-bond acceptors (Lipinski definition) is 2. The molecule has 0 aliphatic carbocycles. The summed E-state index contributed by atoms with van der Waals surface area (Å²) in [6, 6.07) is 41.1. The zero-order valence-electron chi connectivity index (χ0n) is 19.0. The first-order chi connectivity index (χ1) is 17.4. The highest BCUT2D eigenvalue weighted by atomic mass is 15.0. The van der Waals surface area contributed by atoms with Gasteiger partial charge in [0, 0.05) is 27.9 Å². The van der Waals surface area contributed by atoms with Crippen LogP contribution < -0.4 is 0 Å². The van der Waals surface area contributed by atoms with Crippen LogP contribution in [0.15, 0.2) is 128 Å². The normalized spacial score (nSPS) is 11.4. The van der Waals surface area contributed by atoms with Crippen molar-refractivity contribution in [3.8, 4) is 27.9 Å². The molecule has 0 unspecified atom stereocenters. The Kier molecular flexibility index (Phi) is 4.46. The minimum Gasteiger partial charge on any atom is -0.309 e. The predicted octanol–water partition coefficient (Wildman–Crippen LogP) is 8.06. The van der Waals surface area contributed by atoms with Gasteiger partial charge in [-0.25, -0.2) is 9.97 Å². The number of fused-ring (bicyclic) bond motifs is 4. The van der Waals surface area contributed by atoms with E-state index < -0.39 is 0 Å². The van der Waals surface area contributed by atoms with Crippen LogP contribution in [0, 0.1) is 0 Å². The van der Waals surface area contributed by atoms with Crippen molar-refractivity contribution in [1.29, 1.82) is 0 Å². The monoisotopic (exact) mass is 447 g/mol. The molecule has 0 aliphatic heterocycles. The summed E-state index contributed by atoms with van der Waals surface area (Å²) in [5.41, 5.74) is 9.27. The summed E-state index contributed by atoms with van der Waals surface area (Å²) in [4.78, 5) is 8.55. The molecule has 2 heterocycles. The molecule has 7 aromatic rings. The van der Waals surface area contributed by atoms with Gasteiger partial charge in [0.05, 0.1) is 22.2 Å². The van der Waals surface area contributed by atoms with Gasteiger partial charge in [0.15, 0.2) is 0 Å². The van der Waals surface area contributed by atoms with Gasteiger partial charge in [-0.15, -0.1) is 0 Å². The summed E-state index contributed by atoms with van der Waals surface area (Å²) >= 11 is 0. The van der Waals surface area contributed by atoms with E-state index in [4.69, 9.17) is 0 Å². The molecule has 0 aliphatic rings. The highest BCUT2D eigenvalue weighted by Crippen LogP contribution is 2.37. The van der Waals surface area contributed by atoms with Crippen LogP contribution in [0.3, 0.4) is 0 Å². The van der Waals surface area contributed by atoms with Crippen molar-refractivity contribution in [3.05, 3.63) is 128 Å². The van der Waals surface area contributed by atoms with Gasteiger partial charge in [-0.3, -0.25) is 0 Å². The highest BCUT2D eigenvalue weighted by Gasteiger charge is 2.15. The summed E-state index contributed by atoms with van der Waals surface area (Å²) in [6.45, 7) is 0. The zero-order valence-corrected chi connectivity index (χ0v) is 19.0. The molecule has 5 aromatic carbocycles. The number of para-hydroxylation sites is 3. The second kappa shape index (κ2) is 7.93. The van der Waals surface area contributed by atoms with Gasteiger partial charge in [-0.2, -0.15) is 0 Å². The Bertz CT molecular complexity index is 1810. The molecule has 164 valence electrons. The van der Waals surface area contributed by atoms with E-state index in [2.05, 4.69) is 130 Å². The first kappa shape index (κ1) is 19.7. The fraction of sp³-hybridized carbons (Fsp3) is 0. The van der Waals surface area contributed by atoms with Crippen LogP contribution in [0.25, 0.3) is 60.6 Å². The van der Waals surface area contributed by atoms with Crippen LogP contribution in [0.5, 0.6) is 0 Å². The maximum Gasteiger partial charge on any atom is 0.116 e. The zero-order chi connectivity index (χ0) is 23.2. The maximum atomic E-state index is 4.36. The van der Waals surface area contributed by atoms with Gasteiger partial charge in [0.25, 0.3) is 0 Å². The van der Waals surface area contributed by atoms with Gasteiger partial charge in [-0.1, -0.05) is 78.9 Å². The van der Waals surface area contributed by atoms with Gasteiger partial charge in [0.2, 0.25) is 0 Å². The maximum absolute atomic E-state index is 4.36. The second-order valence-electron chi connectivity index (χ2n) is 8.76. The van der Waals surface area contributed by atoms with E-state index in [1.807, 2.05) is 6.20 Å². The molecular weight excluding hydrogens is 426 g/mol. The fourth-order valence-electron chi connectivity index (χ4n) is 5.13. The van der Waals surface area contributed by atoms with Crippen molar-refractivity contribution < 1.29 is 0 Å². The number of benzene rings is 5. The van der Waals surface area contributed by atoms with E-state index in [1.165, 1.54) is 44.2 Å². The Morgan fingerprint density at radius 3 is 2.06 bits per heavy atom. The van der Waals surface area contributed by atoms with Crippen molar-refractivity contribution in [3.63, 3.8) is 0 Å². The topological polar surface area (TPSA) is 30.7 Å². The van der Waals surface area contributed by atoms with E-state index in [1.54, 1.807) is 6.33 Å². The lowest BCUT2D eigenvalue weighted by Gasteiger charge is -2.15. The second-order valence-corrected chi connectivity index (χ2v) is 8.76. The third-order valence-electron chi connectivity index (χ3n) is 6.74. The lowest BCUT2D eigenvalue weighted by atomic mass is 9.97. The van der Waals surface area contributed by atoms with E-state index in [0.717, 1.165) is 16.5 Å². The van der Waals surface area contributed by atoms with E-state index in [0.29, 0.717) is 0 Å². The predicted molar refractivity (Wildman–Crippen MR) is 145 cm³/mol. The number of aromatic nitrogens is 3. The number of hydrogen-bond donors (Lipinski definition) is 0. The molecule has 0 N–H and O–H groups in total. The van der Waals surface area contributed by atoms with Gasteiger partial charge in [-0.05, 0) is 53.1 Å². The molecule has 3 nitrogen and oxygen atoms in total. The molecular formula is C32H21N3. The lowest BCUT2D eigenvalue weighted by Crippen LogP contribution is -1.97. The minimum atomic E-state index is 0.955. The van der Waals surface area contributed by atoms with Crippen molar-refractivity contribution in [2.75, 3.05) is 0 Å². The van der Waals surface area contributed by atoms with Crippen LogP contribution in [0.1, 0.15) is 0 Å². The molecule has 0 atom stereocenters. The lowest BCUT2D eigenvalue weighted by molar-refractivity contribution is 1.18. The number of rotatable bonds is 3. The average molecular weight is 448 g/mol. The Hall–Kier alpha value is -4.76. The molecule has 0 bridgehead atoms. The van der Waals surface area contributed by atoms with Crippen molar-refractivity contribution in [2.45, 2.75) is 0 Å². The molecule has 7 rings (SSSR count). The fourth-order valence-corrected chi connectivity index (χ4v) is 5.13. The van der Waals surface area contributed by atoms with E-state index in [9.17, 15) is 0 Å². The van der Waals surface area contributed by atoms with Crippen molar-refractivity contribution in [2.24, 2.45) is 0 Å². The molecule has 0 radical (unpaired) electrons. The summed E-state index contributed by atoms with van der Waals surface area (Å²) in [7, 11) is 0. The summed E-state index contributed by atoms with van der Waals surface area (Å²) in [6.07, 6.45) is 3.46. The first-order valence-corrected chi connectivity index (χ1v) is 11.7. The highest BCUT2D eigenvalue weighted by molar-refractivity contribution is 6.09. The van der Waals surface area contributed by atoms with Gasteiger partial charge in [0.1, 0.15) is 6.33 Å². The molecule has 0 saturated carbocycles. The third kappa shape index (κ3) is 3.21. The Balaban J connectivity index is 1.43. The first-order valence-electron chi connectivity index (χ1n) is 11.7. The minimum absolute atomic E-state index is 0.955. The van der Waals surface area contributed by atoms with Crippen molar-refractivity contribution >= 4 is 32.7 Å². The van der Waals surface area contributed by atoms with Crippen LogP contribution in [-0.2, 0) is 0 Å². The van der Waals surface area contributed by atoms with Crippen molar-refractivity contribution in [1.82, 2.24) is 14.5 Å². The third-order valence-corrected chi connectivity index (χ3v) is 6.74. The van der Waals surface area contributed by atoms with E-state index >= 15 is 0 Å². The molecule has 0 saturated heterocycles. The Morgan fingerprint density at radius 2 is 1.23 bits per heavy atom. The summed E-state index contributed by atoms with van der Waals surface area (Å²) < 4.78 is 2.39. The quantitative estimate of drug-likeness (QED) is 0.274. The molecule has 2 aromatic heterocycles. The molecule has 0 amide bonds. The van der Waals surface area contributed by atoms with Gasteiger partial charge < -0.3 is 4.57 Å². The smallest absolute Gasteiger partial charge is 0.116 e. The van der Waals surface area contributed by atoms with Gasteiger partial charge >= 0.3 is 0 Å². The van der Waals surface area contributed by atoms with Crippen LogP contribution in [0.4, 0.5) is 0 Å². The molecule has 0 spiro atoms. The van der Waals surface area contributed by atoms with E-state index in [-0.39, 0.29) is 0 Å². The number of nitrogens with zero attached hydrogens (tertiary/aromatic N) is 3. The standard InChI is InChI=1S/C32H21N3/c1-4-13-30(35-31-14-5-2-11-27(31)28-12-3-6-15-32(28)35)26(10-1)24-9-7-8-22(18-24)23-16-17-29-25(19-23)20-33-21-34-29/h1-21H. The van der Waals surface area contributed by atoms with Crippen LogP contribution in [0.2, 0.25) is 0 Å². The largest absolute Gasteiger partial charge is 0.309 e.